The van der Waals surface area contributed by atoms with Crippen LogP contribution >= 0.6 is 0 Å². The van der Waals surface area contributed by atoms with Crippen LogP contribution in [0.2, 0.25) is 0 Å². The monoisotopic (exact) mass is 276 g/mol. The zero-order valence-corrected chi connectivity index (χ0v) is 12.3. The molecule has 2 rings (SSSR count). The van der Waals surface area contributed by atoms with Gasteiger partial charge in [0.05, 0.1) is 13.2 Å². The highest BCUT2D eigenvalue weighted by molar-refractivity contribution is 5.82. The van der Waals surface area contributed by atoms with Crippen LogP contribution in [0.1, 0.15) is 25.3 Å². The first-order chi connectivity index (χ1) is 9.72. The van der Waals surface area contributed by atoms with Crippen LogP contribution in [0.4, 0.5) is 0 Å². The van der Waals surface area contributed by atoms with Crippen molar-refractivity contribution >= 4 is 5.91 Å². The van der Waals surface area contributed by atoms with Crippen molar-refractivity contribution in [3.05, 3.63) is 29.8 Å². The topological polar surface area (TPSA) is 50.4 Å². The third-order valence-corrected chi connectivity index (χ3v) is 3.94. The Morgan fingerprint density at radius 1 is 1.45 bits per heavy atom. The minimum absolute atomic E-state index is 0.0404. The number of ether oxygens (including phenoxy) is 1. The summed E-state index contributed by atoms with van der Waals surface area (Å²) in [4.78, 5) is 12.1. The number of benzene rings is 1. The van der Waals surface area contributed by atoms with Crippen molar-refractivity contribution in [2.75, 3.05) is 20.2 Å². The first-order valence-electron chi connectivity index (χ1n) is 7.35. The maximum Gasteiger partial charge on any atom is 0.237 e. The summed E-state index contributed by atoms with van der Waals surface area (Å²) < 4.78 is 5.31. The van der Waals surface area contributed by atoms with E-state index in [0.29, 0.717) is 12.5 Å². The fraction of sp³-hybridized carbons (Fsp3) is 0.562. The van der Waals surface area contributed by atoms with Crippen LogP contribution in [0.5, 0.6) is 5.75 Å². The molecule has 0 spiro atoms. The normalized spacial score (nSPS) is 22.3. The molecule has 1 aromatic rings. The number of methoxy groups -OCH3 is 1. The van der Waals surface area contributed by atoms with Crippen LogP contribution in [0.15, 0.2) is 24.3 Å². The molecule has 4 nitrogen and oxygen atoms in total. The summed E-state index contributed by atoms with van der Waals surface area (Å²) >= 11 is 0. The van der Waals surface area contributed by atoms with Crippen LogP contribution in [0, 0.1) is 5.92 Å². The van der Waals surface area contributed by atoms with Gasteiger partial charge in [-0.3, -0.25) is 4.79 Å². The average molecular weight is 276 g/mol. The van der Waals surface area contributed by atoms with Gasteiger partial charge in [0.1, 0.15) is 5.75 Å². The lowest BCUT2D eigenvalue weighted by atomic mass is 9.92. The van der Waals surface area contributed by atoms with Crippen molar-refractivity contribution in [1.29, 1.82) is 0 Å². The molecule has 4 heteroatoms. The maximum absolute atomic E-state index is 12.1. The summed E-state index contributed by atoms with van der Waals surface area (Å²) in [6.07, 6.45) is 3.07. The molecule has 20 heavy (non-hydrogen) atoms. The van der Waals surface area contributed by atoms with Gasteiger partial charge in [0, 0.05) is 6.54 Å². The van der Waals surface area contributed by atoms with Gasteiger partial charge in [-0.1, -0.05) is 25.1 Å². The minimum atomic E-state index is -0.0404. The number of carbonyl (C=O) groups excluding carboxylic acids is 1. The van der Waals surface area contributed by atoms with E-state index in [1.54, 1.807) is 7.11 Å². The number of hydrogen-bond donors (Lipinski definition) is 2. The fourth-order valence-electron chi connectivity index (χ4n) is 2.74. The number of rotatable bonds is 5. The van der Waals surface area contributed by atoms with E-state index >= 15 is 0 Å². The fourth-order valence-corrected chi connectivity index (χ4v) is 2.74. The lowest BCUT2D eigenvalue weighted by Crippen LogP contribution is -2.51. The van der Waals surface area contributed by atoms with Crippen molar-refractivity contribution in [2.45, 2.75) is 32.2 Å². The standard InChI is InChI=1S/C16H24N2O2/c1-12-6-5-10-17-15(12)16(19)18-11-9-13-7-3-4-8-14(13)20-2/h3-4,7-8,12,15,17H,5-6,9-11H2,1-2H3,(H,18,19). The van der Waals surface area contributed by atoms with E-state index in [2.05, 4.69) is 17.6 Å². The molecule has 2 atom stereocenters. The van der Waals surface area contributed by atoms with Crippen LogP contribution in [0.25, 0.3) is 0 Å². The van der Waals surface area contributed by atoms with Gasteiger partial charge in [-0.2, -0.15) is 0 Å². The molecule has 1 fully saturated rings. The summed E-state index contributed by atoms with van der Waals surface area (Å²) in [5.74, 6) is 1.41. The Morgan fingerprint density at radius 3 is 3.00 bits per heavy atom. The Labute approximate surface area is 120 Å². The Balaban J connectivity index is 1.81. The number of carbonyl (C=O) groups is 1. The average Bonchev–Trinajstić information content (AvgIpc) is 2.48. The zero-order valence-electron chi connectivity index (χ0n) is 12.3. The second-order valence-electron chi connectivity index (χ2n) is 5.40. The van der Waals surface area contributed by atoms with E-state index in [0.717, 1.165) is 37.1 Å². The van der Waals surface area contributed by atoms with Gasteiger partial charge in [-0.25, -0.2) is 0 Å². The lowest BCUT2D eigenvalue weighted by molar-refractivity contribution is -0.124. The molecule has 0 bridgehead atoms. The molecule has 1 aliphatic heterocycles. The van der Waals surface area contributed by atoms with Crippen LogP contribution < -0.4 is 15.4 Å². The van der Waals surface area contributed by atoms with Crippen molar-refractivity contribution in [2.24, 2.45) is 5.92 Å². The Kier molecular flexibility index (Phi) is 5.41. The molecule has 0 aromatic heterocycles. The molecule has 110 valence electrons. The van der Waals surface area contributed by atoms with E-state index in [1.807, 2.05) is 24.3 Å². The summed E-state index contributed by atoms with van der Waals surface area (Å²) in [7, 11) is 1.67. The third kappa shape index (κ3) is 3.73. The molecular formula is C16H24N2O2. The highest BCUT2D eigenvalue weighted by Gasteiger charge is 2.26. The number of nitrogens with one attached hydrogen (secondary N) is 2. The van der Waals surface area contributed by atoms with E-state index in [-0.39, 0.29) is 11.9 Å². The second kappa shape index (κ2) is 7.29. The Morgan fingerprint density at radius 2 is 2.25 bits per heavy atom. The summed E-state index contributed by atoms with van der Waals surface area (Å²) in [6, 6.07) is 7.88. The Hall–Kier alpha value is -1.55. The van der Waals surface area contributed by atoms with Crippen LogP contribution in [-0.4, -0.2) is 32.1 Å². The first kappa shape index (κ1) is 14.9. The quantitative estimate of drug-likeness (QED) is 0.861. The van der Waals surface area contributed by atoms with Gasteiger partial charge in [0.25, 0.3) is 0 Å². The summed E-state index contributed by atoms with van der Waals surface area (Å²) in [5.41, 5.74) is 1.12. The smallest absolute Gasteiger partial charge is 0.237 e. The van der Waals surface area contributed by atoms with E-state index < -0.39 is 0 Å². The van der Waals surface area contributed by atoms with E-state index in [4.69, 9.17) is 4.74 Å². The summed E-state index contributed by atoms with van der Waals surface area (Å²) in [5, 5.41) is 6.33. The lowest BCUT2D eigenvalue weighted by Gasteiger charge is -2.28. The van der Waals surface area contributed by atoms with Gasteiger partial charge >= 0.3 is 0 Å². The highest BCUT2D eigenvalue weighted by atomic mass is 16.5. The second-order valence-corrected chi connectivity index (χ2v) is 5.40. The van der Waals surface area contributed by atoms with E-state index in [9.17, 15) is 4.79 Å². The highest BCUT2D eigenvalue weighted by Crippen LogP contribution is 2.18. The molecule has 2 unspecified atom stereocenters. The van der Waals surface area contributed by atoms with Gasteiger partial charge < -0.3 is 15.4 Å². The minimum Gasteiger partial charge on any atom is -0.496 e. The number of para-hydroxylation sites is 1. The number of hydrogen-bond acceptors (Lipinski definition) is 3. The predicted molar refractivity (Wildman–Crippen MR) is 79.9 cm³/mol. The molecule has 2 N–H and O–H groups in total. The number of piperidine rings is 1. The first-order valence-corrected chi connectivity index (χ1v) is 7.35. The van der Waals surface area contributed by atoms with Crippen molar-refractivity contribution in [1.82, 2.24) is 10.6 Å². The maximum atomic E-state index is 12.1. The van der Waals surface area contributed by atoms with Crippen molar-refractivity contribution in [3.8, 4) is 5.75 Å². The molecule has 1 saturated heterocycles. The van der Waals surface area contributed by atoms with Gasteiger partial charge in [0.2, 0.25) is 5.91 Å². The largest absolute Gasteiger partial charge is 0.496 e. The molecule has 1 aromatic carbocycles. The Bertz CT molecular complexity index is 448. The zero-order chi connectivity index (χ0) is 14.4. The molecule has 0 saturated carbocycles. The van der Waals surface area contributed by atoms with Crippen molar-refractivity contribution in [3.63, 3.8) is 0 Å². The predicted octanol–water partition coefficient (Wildman–Crippen LogP) is 1.74. The SMILES string of the molecule is COc1ccccc1CCNC(=O)C1NCCCC1C. The molecule has 0 radical (unpaired) electrons. The van der Waals surface area contributed by atoms with Crippen LogP contribution in [-0.2, 0) is 11.2 Å². The third-order valence-electron chi connectivity index (χ3n) is 3.94. The van der Waals surface area contributed by atoms with Gasteiger partial charge in [-0.05, 0) is 43.4 Å². The van der Waals surface area contributed by atoms with Gasteiger partial charge in [-0.15, -0.1) is 0 Å². The molecule has 1 amide bonds. The van der Waals surface area contributed by atoms with Crippen molar-refractivity contribution < 1.29 is 9.53 Å². The number of amides is 1. The molecular weight excluding hydrogens is 252 g/mol. The molecule has 1 heterocycles. The molecule has 1 aliphatic rings. The van der Waals surface area contributed by atoms with Crippen LogP contribution in [0.3, 0.4) is 0 Å². The van der Waals surface area contributed by atoms with E-state index in [1.165, 1.54) is 0 Å². The summed E-state index contributed by atoms with van der Waals surface area (Å²) in [6.45, 7) is 3.72. The van der Waals surface area contributed by atoms with Gasteiger partial charge in [0.15, 0.2) is 0 Å². The molecule has 0 aliphatic carbocycles.